The van der Waals surface area contributed by atoms with Crippen LogP contribution in [0.5, 0.6) is 0 Å². The zero-order valence-corrected chi connectivity index (χ0v) is 9.95. The third-order valence-corrected chi connectivity index (χ3v) is 2.70. The molecule has 0 aromatic carbocycles. The molecule has 0 atom stereocenters. The number of alkyl halides is 3. The summed E-state index contributed by atoms with van der Waals surface area (Å²) in [7, 11) is 1.44. The number of rotatable bonds is 5. The van der Waals surface area contributed by atoms with Crippen LogP contribution in [0, 0.1) is 0 Å². The Labute approximate surface area is 96.3 Å². The molecular weight excluding hydrogens is 239 g/mol. The van der Waals surface area contributed by atoms with Gasteiger partial charge in [-0.05, 0) is 14.0 Å². The number of halogens is 3. The first kappa shape index (κ1) is 13.2. The topological polar surface area (TPSA) is 28.2 Å². The van der Waals surface area contributed by atoms with Crippen LogP contribution in [0.2, 0.25) is 0 Å². The molecule has 0 saturated carbocycles. The zero-order valence-electron chi connectivity index (χ0n) is 9.14. The molecule has 0 aliphatic rings. The van der Waals surface area contributed by atoms with Gasteiger partial charge in [-0.3, -0.25) is 4.90 Å². The van der Waals surface area contributed by atoms with E-state index in [0.717, 1.165) is 16.6 Å². The summed E-state index contributed by atoms with van der Waals surface area (Å²) in [5, 5.41) is 3.76. The molecule has 0 spiro atoms. The van der Waals surface area contributed by atoms with Crippen molar-refractivity contribution in [3.63, 3.8) is 0 Å². The summed E-state index contributed by atoms with van der Waals surface area (Å²) in [6, 6.07) is 0. The molecule has 16 heavy (non-hydrogen) atoms. The summed E-state index contributed by atoms with van der Waals surface area (Å²) in [6.07, 6.45) is -2.54. The van der Waals surface area contributed by atoms with Crippen LogP contribution in [0.15, 0.2) is 6.20 Å². The molecule has 0 amide bonds. The van der Waals surface area contributed by atoms with Crippen LogP contribution in [0.25, 0.3) is 0 Å². The number of anilines is 1. The largest absolute Gasteiger partial charge is 0.401 e. The van der Waals surface area contributed by atoms with Crippen LogP contribution in [0.3, 0.4) is 0 Å². The Bertz CT molecular complexity index is 324. The molecule has 92 valence electrons. The second kappa shape index (κ2) is 5.49. The highest BCUT2D eigenvalue weighted by molar-refractivity contribution is 7.15. The molecule has 0 aliphatic carbocycles. The standard InChI is InChI=1S/C9H14F3N3S/c1-3-13-8-14-4-7(16-8)5-15(2)6-9(10,11)12/h4H,3,5-6H2,1-2H3,(H,13,14). The Kier molecular flexibility index (Phi) is 4.55. The molecule has 0 unspecified atom stereocenters. The maximum absolute atomic E-state index is 12.1. The van der Waals surface area contributed by atoms with Crippen molar-refractivity contribution in [2.75, 3.05) is 25.5 Å². The van der Waals surface area contributed by atoms with E-state index in [-0.39, 0.29) is 6.54 Å². The van der Waals surface area contributed by atoms with E-state index in [0.29, 0.717) is 0 Å². The fraction of sp³-hybridized carbons (Fsp3) is 0.667. The van der Waals surface area contributed by atoms with Crippen molar-refractivity contribution in [3.8, 4) is 0 Å². The van der Waals surface area contributed by atoms with Gasteiger partial charge in [0.2, 0.25) is 0 Å². The second-order valence-corrected chi connectivity index (χ2v) is 4.56. The summed E-state index contributed by atoms with van der Waals surface area (Å²) in [5.74, 6) is 0. The second-order valence-electron chi connectivity index (χ2n) is 3.45. The molecule has 1 heterocycles. The van der Waals surface area contributed by atoms with Gasteiger partial charge >= 0.3 is 6.18 Å². The van der Waals surface area contributed by atoms with Gasteiger partial charge in [0, 0.05) is 24.2 Å². The van der Waals surface area contributed by atoms with Gasteiger partial charge in [-0.15, -0.1) is 11.3 Å². The van der Waals surface area contributed by atoms with Crippen LogP contribution in [-0.2, 0) is 6.54 Å². The highest BCUT2D eigenvalue weighted by Crippen LogP contribution is 2.21. The lowest BCUT2D eigenvalue weighted by Gasteiger charge is -2.17. The van der Waals surface area contributed by atoms with E-state index in [1.807, 2.05) is 6.92 Å². The molecule has 0 aliphatic heterocycles. The van der Waals surface area contributed by atoms with Crippen molar-refractivity contribution in [2.45, 2.75) is 19.6 Å². The van der Waals surface area contributed by atoms with E-state index in [1.54, 1.807) is 6.20 Å². The first-order chi connectivity index (χ1) is 7.40. The Balaban J connectivity index is 2.46. The predicted molar refractivity (Wildman–Crippen MR) is 58.7 cm³/mol. The summed E-state index contributed by atoms with van der Waals surface area (Å²) in [4.78, 5) is 6.10. The van der Waals surface area contributed by atoms with E-state index in [9.17, 15) is 13.2 Å². The van der Waals surface area contributed by atoms with E-state index >= 15 is 0 Å². The highest BCUT2D eigenvalue weighted by atomic mass is 32.1. The maximum Gasteiger partial charge on any atom is 0.401 e. The van der Waals surface area contributed by atoms with Gasteiger partial charge in [-0.25, -0.2) is 4.98 Å². The fourth-order valence-corrected chi connectivity index (χ4v) is 2.20. The molecule has 1 aromatic rings. The van der Waals surface area contributed by atoms with Crippen LogP contribution in [-0.4, -0.2) is 36.2 Å². The van der Waals surface area contributed by atoms with E-state index in [1.165, 1.54) is 23.3 Å². The third-order valence-electron chi connectivity index (χ3n) is 1.76. The van der Waals surface area contributed by atoms with E-state index in [2.05, 4.69) is 10.3 Å². The minimum absolute atomic E-state index is 0.266. The normalized spacial score (nSPS) is 12.1. The van der Waals surface area contributed by atoms with Crippen molar-refractivity contribution < 1.29 is 13.2 Å². The highest BCUT2D eigenvalue weighted by Gasteiger charge is 2.29. The van der Waals surface area contributed by atoms with Crippen LogP contribution in [0.1, 0.15) is 11.8 Å². The quantitative estimate of drug-likeness (QED) is 0.874. The fourth-order valence-electron chi connectivity index (χ4n) is 1.24. The molecule has 0 saturated heterocycles. The number of aromatic nitrogens is 1. The summed E-state index contributed by atoms with van der Waals surface area (Å²) < 4.78 is 36.2. The lowest BCUT2D eigenvalue weighted by Crippen LogP contribution is -2.30. The monoisotopic (exact) mass is 253 g/mol. The number of nitrogens with zero attached hydrogens (tertiary/aromatic N) is 2. The van der Waals surface area contributed by atoms with E-state index < -0.39 is 12.7 Å². The molecular formula is C9H14F3N3S. The first-order valence-electron chi connectivity index (χ1n) is 4.84. The van der Waals surface area contributed by atoms with Gasteiger partial charge in [0.25, 0.3) is 0 Å². The Hall–Kier alpha value is -0.820. The summed E-state index contributed by atoms with van der Waals surface area (Å²) >= 11 is 1.38. The summed E-state index contributed by atoms with van der Waals surface area (Å²) in [6.45, 7) is 2.06. The molecule has 1 N–H and O–H groups in total. The van der Waals surface area contributed by atoms with Gasteiger partial charge in [-0.2, -0.15) is 13.2 Å². The van der Waals surface area contributed by atoms with Gasteiger partial charge in [-0.1, -0.05) is 0 Å². The smallest absolute Gasteiger partial charge is 0.362 e. The molecule has 0 bridgehead atoms. The van der Waals surface area contributed by atoms with Crippen molar-refractivity contribution in [3.05, 3.63) is 11.1 Å². The van der Waals surface area contributed by atoms with Crippen molar-refractivity contribution >= 4 is 16.5 Å². The third kappa shape index (κ3) is 4.80. The molecule has 1 aromatic heterocycles. The molecule has 7 heteroatoms. The minimum Gasteiger partial charge on any atom is -0.362 e. The number of thiazole rings is 1. The van der Waals surface area contributed by atoms with Gasteiger partial charge in [0.1, 0.15) is 0 Å². The van der Waals surface area contributed by atoms with Crippen LogP contribution < -0.4 is 5.32 Å². The van der Waals surface area contributed by atoms with Crippen molar-refractivity contribution in [2.24, 2.45) is 0 Å². The lowest BCUT2D eigenvalue weighted by atomic mass is 10.4. The molecule has 1 rings (SSSR count). The Morgan fingerprint density at radius 1 is 1.50 bits per heavy atom. The molecule has 0 radical (unpaired) electrons. The van der Waals surface area contributed by atoms with Crippen LogP contribution in [0.4, 0.5) is 18.3 Å². The first-order valence-corrected chi connectivity index (χ1v) is 5.66. The predicted octanol–water partition coefficient (Wildman–Crippen LogP) is 2.57. The van der Waals surface area contributed by atoms with Crippen molar-refractivity contribution in [1.82, 2.24) is 9.88 Å². The molecule has 0 fully saturated rings. The summed E-state index contributed by atoms with van der Waals surface area (Å²) in [5.41, 5.74) is 0. The van der Waals surface area contributed by atoms with Gasteiger partial charge < -0.3 is 5.32 Å². The number of hydrogen-bond acceptors (Lipinski definition) is 4. The van der Waals surface area contributed by atoms with Crippen LogP contribution >= 0.6 is 11.3 Å². The Morgan fingerprint density at radius 3 is 2.75 bits per heavy atom. The van der Waals surface area contributed by atoms with Gasteiger partial charge in [0.05, 0.1) is 6.54 Å². The Morgan fingerprint density at radius 2 is 2.19 bits per heavy atom. The number of nitrogens with one attached hydrogen (secondary N) is 1. The zero-order chi connectivity index (χ0) is 12.2. The van der Waals surface area contributed by atoms with Crippen molar-refractivity contribution in [1.29, 1.82) is 0 Å². The minimum atomic E-state index is -4.15. The average Bonchev–Trinajstić information content (AvgIpc) is 2.49. The number of hydrogen-bond donors (Lipinski definition) is 1. The maximum atomic E-state index is 12.1. The molecule has 3 nitrogen and oxygen atoms in total. The van der Waals surface area contributed by atoms with Gasteiger partial charge in [0.15, 0.2) is 5.13 Å². The average molecular weight is 253 g/mol. The lowest BCUT2D eigenvalue weighted by molar-refractivity contribution is -0.143. The SMILES string of the molecule is CCNc1ncc(CN(C)CC(F)(F)F)s1. The van der Waals surface area contributed by atoms with E-state index in [4.69, 9.17) is 0 Å².